The maximum Gasteiger partial charge on any atom is 0.112 e. The van der Waals surface area contributed by atoms with Crippen molar-refractivity contribution in [3.05, 3.63) is 41.0 Å². The molecule has 2 aromatic heterocycles. The largest absolute Gasteiger partial charge is 0.378 e. The first kappa shape index (κ1) is 16.0. The van der Waals surface area contributed by atoms with Crippen molar-refractivity contribution in [1.29, 1.82) is 0 Å². The van der Waals surface area contributed by atoms with E-state index in [0.29, 0.717) is 0 Å². The second-order valence-electron chi connectivity index (χ2n) is 6.40. The van der Waals surface area contributed by atoms with Crippen molar-refractivity contribution in [3.63, 3.8) is 0 Å². The Hall–Kier alpha value is -1.92. The number of rotatable bonds is 4. The Morgan fingerprint density at radius 1 is 1.35 bits per heavy atom. The van der Waals surface area contributed by atoms with Crippen molar-refractivity contribution >= 4 is 5.69 Å². The third kappa shape index (κ3) is 3.71. The van der Waals surface area contributed by atoms with Gasteiger partial charge in [-0.3, -0.25) is 15.0 Å². The Morgan fingerprint density at radius 3 is 2.87 bits per heavy atom. The molecule has 0 spiro atoms. The van der Waals surface area contributed by atoms with Gasteiger partial charge in [0, 0.05) is 56.4 Å². The van der Waals surface area contributed by atoms with Gasteiger partial charge in [-0.1, -0.05) is 0 Å². The molecular formula is C17H25N5O. The lowest BCUT2D eigenvalue weighted by atomic mass is 10.1. The lowest BCUT2D eigenvalue weighted by Crippen LogP contribution is -2.38. The summed E-state index contributed by atoms with van der Waals surface area (Å²) in [5, 5.41) is 7.11. The molecular weight excluding hydrogens is 290 g/mol. The fourth-order valence-corrected chi connectivity index (χ4v) is 2.90. The van der Waals surface area contributed by atoms with Gasteiger partial charge in [0.25, 0.3) is 0 Å². The molecule has 1 atom stereocenters. The molecule has 23 heavy (non-hydrogen) atoms. The van der Waals surface area contributed by atoms with Gasteiger partial charge in [-0.15, -0.1) is 0 Å². The molecule has 1 fully saturated rings. The highest BCUT2D eigenvalue weighted by Gasteiger charge is 2.24. The molecule has 2 aromatic rings. The van der Waals surface area contributed by atoms with Crippen molar-refractivity contribution in [1.82, 2.24) is 20.1 Å². The minimum atomic E-state index is 0.0227. The molecule has 1 N–H and O–H groups in total. The summed E-state index contributed by atoms with van der Waals surface area (Å²) in [4.78, 5) is 9.20. The summed E-state index contributed by atoms with van der Waals surface area (Å²) < 4.78 is 5.99. The zero-order valence-electron chi connectivity index (χ0n) is 14.3. The van der Waals surface area contributed by atoms with Gasteiger partial charge >= 0.3 is 0 Å². The lowest BCUT2D eigenvalue weighted by molar-refractivity contribution is -0.0350. The van der Waals surface area contributed by atoms with E-state index in [1.807, 2.05) is 27.2 Å². The zero-order chi connectivity index (χ0) is 16.4. The number of aromatic amines is 1. The molecule has 0 aromatic carbocycles. The third-order valence-corrected chi connectivity index (χ3v) is 4.28. The van der Waals surface area contributed by atoms with E-state index in [-0.39, 0.29) is 6.10 Å². The summed E-state index contributed by atoms with van der Waals surface area (Å²) in [6.07, 6.45) is 1.93. The summed E-state index contributed by atoms with van der Waals surface area (Å²) >= 11 is 0. The van der Waals surface area contributed by atoms with Crippen molar-refractivity contribution in [2.75, 3.05) is 38.7 Å². The van der Waals surface area contributed by atoms with Crippen molar-refractivity contribution in [2.45, 2.75) is 26.5 Å². The van der Waals surface area contributed by atoms with Crippen LogP contribution in [0, 0.1) is 13.8 Å². The Bertz CT molecular complexity index is 667. The number of anilines is 1. The first-order valence-corrected chi connectivity index (χ1v) is 8.01. The topological polar surface area (TPSA) is 57.3 Å². The maximum atomic E-state index is 5.99. The van der Waals surface area contributed by atoms with E-state index in [1.54, 1.807) is 0 Å². The van der Waals surface area contributed by atoms with Gasteiger partial charge in [0.2, 0.25) is 0 Å². The third-order valence-electron chi connectivity index (χ3n) is 4.28. The van der Waals surface area contributed by atoms with E-state index < -0.39 is 0 Å². The van der Waals surface area contributed by atoms with Gasteiger partial charge in [-0.05, 0) is 26.0 Å². The van der Waals surface area contributed by atoms with Gasteiger partial charge in [0.05, 0.1) is 18.5 Å². The molecule has 0 radical (unpaired) electrons. The molecule has 0 bridgehead atoms. The van der Waals surface area contributed by atoms with Crippen LogP contribution in [0.2, 0.25) is 0 Å². The Labute approximate surface area is 137 Å². The number of hydrogen-bond donors (Lipinski definition) is 1. The monoisotopic (exact) mass is 315 g/mol. The first-order chi connectivity index (χ1) is 11.0. The quantitative estimate of drug-likeness (QED) is 0.936. The van der Waals surface area contributed by atoms with Crippen LogP contribution < -0.4 is 4.90 Å². The zero-order valence-corrected chi connectivity index (χ0v) is 14.3. The molecule has 3 heterocycles. The predicted octanol–water partition coefficient (Wildman–Crippen LogP) is 2.06. The minimum absolute atomic E-state index is 0.0227. The van der Waals surface area contributed by atoms with Crippen LogP contribution in [0.1, 0.15) is 28.7 Å². The summed E-state index contributed by atoms with van der Waals surface area (Å²) in [6.45, 7) is 7.52. The van der Waals surface area contributed by atoms with Crippen LogP contribution in [0.25, 0.3) is 0 Å². The number of morpholine rings is 1. The van der Waals surface area contributed by atoms with Crippen LogP contribution in [0.4, 0.5) is 5.69 Å². The molecule has 1 unspecified atom stereocenters. The number of nitrogens with one attached hydrogen (secondary N) is 1. The number of nitrogens with zero attached hydrogens (tertiary/aromatic N) is 4. The highest BCUT2D eigenvalue weighted by atomic mass is 16.5. The predicted molar refractivity (Wildman–Crippen MR) is 90.6 cm³/mol. The highest BCUT2D eigenvalue weighted by Crippen LogP contribution is 2.25. The second-order valence-corrected chi connectivity index (χ2v) is 6.40. The van der Waals surface area contributed by atoms with E-state index in [2.05, 4.69) is 39.1 Å². The van der Waals surface area contributed by atoms with E-state index in [0.717, 1.165) is 43.3 Å². The van der Waals surface area contributed by atoms with Gasteiger partial charge in [-0.2, -0.15) is 5.10 Å². The highest BCUT2D eigenvalue weighted by molar-refractivity contribution is 5.47. The number of H-pyrrole nitrogens is 1. The molecule has 124 valence electrons. The molecule has 0 aliphatic carbocycles. The second kappa shape index (κ2) is 6.68. The van der Waals surface area contributed by atoms with Crippen molar-refractivity contribution in [3.8, 4) is 0 Å². The summed E-state index contributed by atoms with van der Waals surface area (Å²) in [6, 6.07) is 4.23. The SMILES string of the molecule is Cc1cc(N(C)C)cc(C2CN(Cc3cn[nH]c3C)CCO2)n1. The van der Waals surface area contributed by atoms with Gasteiger partial charge in [-0.25, -0.2) is 0 Å². The van der Waals surface area contributed by atoms with E-state index in [9.17, 15) is 0 Å². The average molecular weight is 315 g/mol. The first-order valence-electron chi connectivity index (χ1n) is 8.01. The fourth-order valence-electron chi connectivity index (χ4n) is 2.90. The number of ether oxygens (including phenoxy) is 1. The Kier molecular flexibility index (Phi) is 4.63. The molecule has 3 rings (SSSR count). The van der Waals surface area contributed by atoms with E-state index in [1.165, 1.54) is 11.3 Å². The number of aromatic nitrogens is 3. The summed E-state index contributed by atoms with van der Waals surface area (Å²) in [7, 11) is 4.10. The van der Waals surface area contributed by atoms with Gasteiger partial charge in [0.15, 0.2) is 0 Å². The normalized spacial score (nSPS) is 19.0. The number of hydrogen-bond acceptors (Lipinski definition) is 5. The van der Waals surface area contributed by atoms with E-state index in [4.69, 9.17) is 9.72 Å². The Morgan fingerprint density at radius 2 is 2.17 bits per heavy atom. The van der Waals surface area contributed by atoms with E-state index >= 15 is 0 Å². The van der Waals surface area contributed by atoms with Crippen LogP contribution in [0.5, 0.6) is 0 Å². The molecule has 0 saturated carbocycles. The summed E-state index contributed by atoms with van der Waals surface area (Å²) in [5.41, 5.74) is 5.59. The molecule has 1 aliphatic rings. The van der Waals surface area contributed by atoms with Crippen LogP contribution >= 0.6 is 0 Å². The van der Waals surface area contributed by atoms with Crippen molar-refractivity contribution < 1.29 is 4.74 Å². The molecule has 0 amide bonds. The van der Waals surface area contributed by atoms with Crippen molar-refractivity contribution in [2.24, 2.45) is 0 Å². The average Bonchev–Trinajstić information content (AvgIpc) is 2.92. The van der Waals surface area contributed by atoms with Crippen LogP contribution in [0.3, 0.4) is 0 Å². The fraction of sp³-hybridized carbons (Fsp3) is 0.529. The van der Waals surface area contributed by atoms with Crippen LogP contribution in [0.15, 0.2) is 18.3 Å². The standard InChI is InChI=1S/C17H25N5O/c1-12-7-15(21(3)4)8-16(19-12)17-11-22(5-6-23-17)10-14-9-18-20-13(14)2/h7-9,17H,5-6,10-11H2,1-4H3,(H,18,20). The Balaban J connectivity index is 1.74. The molecule has 1 saturated heterocycles. The molecule has 6 heteroatoms. The summed E-state index contributed by atoms with van der Waals surface area (Å²) in [5.74, 6) is 0. The number of pyridine rings is 1. The molecule has 6 nitrogen and oxygen atoms in total. The van der Waals surface area contributed by atoms with Crippen LogP contribution in [-0.2, 0) is 11.3 Å². The van der Waals surface area contributed by atoms with Gasteiger partial charge < -0.3 is 9.64 Å². The lowest BCUT2D eigenvalue weighted by Gasteiger charge is -2.33. The number of aryl methyl sites for hydroxylation is 2. The van der Waals surface area contributed by atoms with Gasteiger partial charge in [0.1, 0.15) is 6.10 Å². The smallest absolute Gasteiger partial charge is 0.112 e. The minimum Gasteiger partial charge on any atom is -0.378 e. The molecule has 1 aliphatic heterocycles. The van der Waals surface area contributed by atoms with Crippen LogP contribution in [-0.4, -0.2) is 53.9 Å². The maximum absolute atomic E-state index is 5.99.